The highest BCUT2D eigenvalue weighted by Crippen LogP contribution is 2.18. The summed E-state index contributed by atoms with van der Waals surface area (Å²) in [5.74, 6) is 0.301. The summed E-state index contributed by atoms with van der Waals surface area (Å²) in [7, 11) is 1.73. The molecule has 0 aromatic carbocycles. The Kier molecular flexibility index (Phi) is 4.24. The number of carbonyl (C=O) groups excluding carboxylic acids is 1. The molecule has 0 aliphatic heterocycles. The molecule has 0 unspecified atom stereocenters. The zero-order valence-electron chi connectivity index (χ0n) is 11.8. The summed E-state index contributed by atoms with van der Waals surface area (Å²) in [6.07, 6.45) is 1.17. The average Bonchev–Trinajstić information content (AvgIpc) is 2.98. The first kappa shape index (κ1) is 14.3. The number of hydrogen-bond acceptors (Lipinski definition) is 4. The summed E-state index contributed by atoms with van der Waals surface area (Å²) in [4.78, 5) is 12.1. The fourth-order valence-corrected chi connectivity index (χ4v) is 2.11. The number of furan rings is 1. The molecule has 2 heterocycles. The first-order valence-electron chi connectivity index (χ1n) is 6.50. The molecule has 0 aliphatic carbocycles. The lowest BCUT2D eigenvalue weighted by molar-refractivity contribution is 0.0894. The molecule has 2 aromatic rings. The van der Waals surface area contributed by atoms with E-state index in [1.54, 1.807) is 29.9 Å². The maximum atomic E-state index is 12.1. The van der Waals surface area contributed by atoms with Crippen LogP contribution in [0.3, 0.4) is 0 Å². The summed E-state index contributed by atoms with van der Waals surface area (Å²) in [5.41, 5.74) is 1.29. The van der Waals surface area contributed by atoms with Gasteiger partial charge in [0.1, 0.15) is 17.6 Å². The SMILES string of the molecule is Cc1cc(C(=O)N[C@@H](C)C[C@@H](O)c2ccco2)n(C)n1. The minimum absolute atomic E-state index is 0.183. The van der Waals surface area contributed by atoms with Crippen molar-refractivity contribution >= 4 is 5.91 Å². The third-order valence-corrected chi connectivity index (χ3v) is 3.06. The van der Waals surface area contributed by atoms with Gasteiger partial charge in [0.25, 0.3) is 5.91 Å². The van der Waals surface area contributed by atoms with Crippen molar-refractivity contribution in [3.05, 3.63) is 41.6 Å². The van der Waals surface area contributed by atoms with Gasteiger partial charge < -0.3 is 14.8 Å². The van der Waals surface area contributed by atoms with Crippen LogP contribution in [-0.2, 0) is 7.05 Å². The highest BCUT2D eigenvalue weighted by Gasteiger charge is 2.18. The second kappa shape index (κ2) is 5.92. The van der Waals surface area contributed by atoms with Crippen molar-refractivity contribution in [2.75, 3.05) is 0 Å². The molecular weight excluding hydrogens is 258 g/mol. The summed E-state index contributed by atoms with van der Waals surface area (Å²) in [6, 6.07) is 4.98. The van der Waals surface area contributed by atoms with E-state index in [4.69, 9.17) is 4.42 Å². The zero-order valence-corrected chi connectivity index (χ0v) is 11.8. The van der Waals surface area contributed by atoms with E-state index in [2.05, 4.69) is 10.4 Å². The van der Waals surface area contributed by atoms with Gasteiger partial charge in [-0.15, -0.1) is 0 Å². The van der Waals surface area contributed by atoms with Crippen molar-refractivity contribution in [3.8, 4) is 0 Å². The quantitative estimate of drug-likeness (QED) is 0.869. The number of aryl methyl sites for hydroxylation is 2. The molecule has 2 atom stereocenters. The van der Waals surface area contributed by atoms with Gasteiger partial charge in [0.2, 0.25) is 0 Å². The fraction of sp³-hybridized carbons (Fsp3) is 0.429. The Morgan fingerprint density at radius 2 is 2.35 bits per heavy atom. The molecule has 0 bridgehead atoms. The number of aliphatic hydroxyl groups excluding tert-OH is 1. The lowest BCUT2D eigenvalue weighted by Crippen LogP contribution is -2.34. The molecule has 20 heavy (non-hydrogen) atoms. The van der Waals surface area contributed by atoms with Crippen LogP contribution in [0.5, 0.6) is 0 Å². The van der Waals surface area contributed by atoms with Crippen LogP contribution in [0.25, 0.3) is 0 Å². The van der Waals surface area contributed by atoms with Crippen molar-refractivity contribution < 1.29 is 14.3 Å². The van der Waals surface area contributed by atoms with Gasteiger partial charge in [0.05, 0.1) is 12.0 Å². The van der Waals surface area contributed by atoms with Crippen molar-refractivity contribution in [3.63, 3.8) is 0 Å². The number of aliphatic hydroxyl groups is 1. The predicted molar refractivity (Wildman–Crippen MR) is 73.2 cm³/mol. The van der Waals surface area contributed by atoms with Crippen molar-refractivity contribution in [2.24, 2.45) is 7.05 Å². The van der Waals surface area contributed by atoms with Crippen molar-refractivity contribution in [1.82, 2.24) is 15.1 Å². The first-order valence-corrected chi connectivity index (χ1v) is 6.50. The minimum atomic E-state index is -0.728. The molecule has 1 amide bonds. The Bertz CT molecular complexity index is 575. The molecule has 2 N–H and O–H groups in total. The van der Waals surface area contributed by atoms with Gasteiger partial charge in [0.15, 0.2) is 0 Å². The van der Waals surface area contributed by atoms with Gasteiger partial charge in [-0.25, -0.2) is 0 Å². The molecule has 6 nitrogen and oxygen atoms in total. The first-order chi connectivity index (χ1) is 9.47. The third kappa shape index (κ3) is 3.27. The van der Waals surface area contributed by atoms with Crippen LogP contribution in [0.4, 0.5) is 0 Å². The molecule has 2 rings (SSSR count). The summed E-state index contributed by atoms with van der Waals surface area (Å²) in [5, 5.41) is 16.9. The molecule has 108 valence electrons. The molecule has 2 aromatic heterocycles. The summed E-state index contributed by atoms with van der Waals surface area (Å²) >= 11 is 0. The van der Waals surface area contributed by atoms with E-state index >= 15 is 0 Å². The highest BCUT2D eigenvalue weighted by molar-refractivity contribution is 5.92. The number of hydrogen-bond donors (Lipinski definition) is 2. The Morgan fingerprint density at radius 1 is 1.60 bits per heavy atom. The van der Waals surface area contributed by atoms with E-state index < -0.39 is 6.10 Å². The lowest BCUT2D eigenvalue weighted by atomic mass is 10.1. The van der Waals surface area contributed by atoms with Gasteiger partial charge >= 0.3 is 0 Å². The Labute approximate surface area is 117 Å². The van der Waals surface area contributed by atoms with Crippen LogP contribution in [0.1, 0.15) is 41.4 Å². The Hall–Kier alpha value is -2.08. The van der Waals surface area contributed by atoms with Gasteiger partial charge in [-0.05, 0) is 32.0 Å². The minimum Gasteiger partial charge on any atom is -0.467 e. The van der Waals surface area contributed by atoms with E-state index in [0.29, 0.717) is 17.9 Å². The number of aromatic nitrogens is 2. The second-order valence-electron chi connectivity index (χ2n) is 4.94. The van der Waals surface area contributed by atoms with Crippen molar-refractivity contribution in [1.29, 1.82) is 0 Å². The molecule has 0 spiro atoms. The molecule has 0 fully saturated rings. The number of nitrogens with one attached hydrogen (secondary N) is 1. The van der Waals surface area contributed by atoms with Gasteiger partial charge in [0, 0.05) is 19.5 Å². The number of carbonyl (C=O) groups is 1. The van der Waals surface area contributed by atoms with E-state index in [-0.39, 0.29) is 11.9 Å². The number of nitrogens with zero attached hydrogens (tertiary/aromatic N) is 2. The van der Waals surface area contributed by atoms with E-state index in [1.165, 1.54) is 6.26 Å². The Morgan fingerprint density at radius 3 is 2.90 bits per heavy atom. The maximum Gasteiger partial charge on any atom is 0.269 e. The maximum absolute atomic E-state index is 12.1. The highest BCUT2D eigenvalue weighted by atomic mass is 16.4. The smallest absolute Gasteiger partial charge is 0.269 e. The van der Waals surface area contributed by atoms with Crippen LogP contribution in [0.2, 0.25) is 0 Å². The second-order valence-corrected chi connectivity index (χ2v) is 4.94. The van der Waals surface area contributed by atoms with Gasteiger partial charge in [-0.1, -0.05) is 0 Å². The normalized spacial score (nSPS) is 14.0. The lowest BCUT2D eigenvalue weighted by Gasteiger charge is -2.16. The molecule has 0 saturated carbocycles. The van der Waals surface area contributed by atoms with Crippen LogP contribution in [-0.4, -0.2) is 26.8 Å². The third-order valence-electron chi connectivity index (χ3n) is 3.06. The predicted octanol–water partition coefficient (Wildman–Crippen LogP) is 1.56. The van der Waals surface area contributed by atoms with E-state index in [0.717, 1.165) is 5.69 Å². The van der Waals surface area contributed by atoms with Crippen LogP contribution in [0, 0.1) is 6.92 Å². The topological polar surface area (TPSA) is 80.3 Å². The Balaban J connectivity index is 1.93. The largest absolute Gasteiger partial charge is 0.467 e. The summed E-state index contributed by atoms with van der Waals surface area (Å²) in [6.45, 7) is 3.67. The van der Waals surface area contributed by atoms with Gasteiger partial charge in [-0.2, -0.15) is 5.10 Å². The number of rotatable bonds is 5. The van der Waals surface area contributed by atoms with Gasteiger partial charge in [-0.3, -0.25) is 9.48 Å². The molecular formula is C14H19N3O3. The molecule has 0 saturated heterocycles. The zero-order chi connectivity index (χ0) is 14.7. The standard InChI is InChI=1S/C14H19N3O3/c1-9(8-12(18)13-5-4-6-20-13)15-14(19)11-7-10(2)16-17(11)3/h4-7,9,12,18H,8H2,1-3H3,(H,15,19)/t9-,12+/m0/s1. The van der Waals surface area contributed by atoms with E-state index in [1.807, 2.05) is 13.8 Å². The molecule has 6 heteroatoms. The fourth-order valence-electron chi connectivity index (χ4n) is 2.11. The summed E-state index contributed by atoms with van der Waals surface area (Å²) < 4.78 is 6.67. The number of amides is 1. The van der Waals surface area contributed by atoms with Crippen LogP contribution >= 0.6 is 0 Å². The molecule has 0 radical (unpaired) electrons. The molecule has 0 aliphatic rings. The van der Waals surface area contributed by atoms with Crippen LogP contribution in [0.15, 0.2) is 28.9 Å². The monoisotopic (exact) mass is 277 g/mol. The van der Waals surface area contributed by atoms with Crippen LogP contribution < -0.4 is 5.32 Å². The van der Waals surface area contributed by atoms with Crippen molar-refractivity contribution in [2.45, 2.75) is 32.4 Å². The average molecular weight is 277 g/mol. The van der Waals surface area contributed by atoms with E-state index in [9.17, 15) is 9.90 Å².